The second-order valence-corrected chi connectivity index (χ2v) is 4.77. The van der Waals surface area contributed by atoms with Crippen LogP contribution < -0.4 is 0 Å². The average molecular weight is 273 g/mol. The maximum absolute atomic E-state index is 13.1. The van der Waals surface area contributed by atoms with Crippen LogP contribution in [0.5, 0.6) is 5.75 Å². The van der Waals surface area contributed by atoms with Gasteiger partial charge < -0.3 is 5.11 Å². The van der Waals surface area contributed by atoms with Crippen LogP contribution in [-0.2, 0) is 6.54 Å². The van der Waals surface area contributed by atoms with Crippen molar-refractivity contribution < 1.29 is 14.3 Å². The first kappa shape index (κ1) is 14.2. The molecule has 2 rings (SSSR count). The zero-order valence-corrected chi connectivity index (χ0v) is 11.2. The molecular weight excluding hydrogens is 257 g/mol. The van der Waals surface area contributed by atoms with Crippen molar-refractivity contribution in [3.8, 4) is 5.75 Å². The molecule has 1 N–H and O–H groups in total. The van der Waals surface area contributed by atoms with Crippen LogP contribution in [0.15, 0.2) is 48.5 Å². The van der Waals surface area contributed by atoms with E-state index in [0.717, 1.165) is 5.56 Å². The SMILES string of the molecule is CN(CC(=O)c1ccc(O)cc1)Cc1cccc(F)c1. The van der Waals surface area contributed by atoms with Gasteiger partial charge in [0.2, 0.25) is 0 Å². The van der Waals surface area contributed by atoms with E-state index in [0.29, 0.717) is 12.1 Å². The van der Waals surface area contributed by atoms with Gasteiger partial charge in [0.15, 0.2) is 5.78 Å². The number of likely N-dealkylation sites (N-methyl/N-ethyl adjacent to an activating group) is 1. The Balaban J connectivity index is 1.95. The van der Waals surface area contributed by atoms with Crippen molar-refractivity contribution in [1.29, 1.82) is 0 Å². The van der Waals surface area contributed by atoms with Crippen molar-refractivity contribution in [2.24, 2.45) is 0 Å². The molecule has 2 aromatic rings. The highest BCUT2D eigenvalue weighted by atomic mass is 19.1. The van der Waals surface area contributed by atoms with E-state index in [1.165, 1.54) is 24.3 Å². The van der Waals surface area contributed by atoms with Gasteiger partial charge in [0.1, 0.15) is 11.6 Å². The van der Waals surface area contributed by atoms with Crippen molar-refractivity contribution in [3.05, 3.63) is 65.5 Å². The standard InChI is InChI=1S/C16H16FNO2/c1-18(10-12-3-2-4-14(17)9-12)11-16(20)13-5-7-15(19)8-6-13/h2-9,19H,10-11H2,1H3. The van der Waals surface area contributed by atoms with Crippen LogP contribution in [0.2, 0.25) is 0 Å². The van der Waals surface area contributed by atoms with Crippen molar-refractivity contribution >= 4 is 5.78 Å². The Labute approximate surface area is 117 Å². The summed E-state index contributed by atoms with van der Waals surface area (Å²) in [5.41, 5.74) is 1.37. The quantitative estimate of drug-likeness (QED) is 0.852. The number of carbonyl (C=O) groups is 1. The highest BCUT2D eigenvalue weighted by Gasteiger charge is 2.10. The molecule has 0 bridgehead atoms. The molecule has 0 atom stereocenters. The van der Waals surface area contributed by atoms with Gasteiger partial charge in [-0.25, -0.2) is 4.39 Å². The van der Waals surface area contributed by atoms with Crippen LogP contribution in [0.3, 0.4) is 0 Å². The number of hydrogen-bond acceptors (Lipinski definition) is 3. The first-order chi connectivity index (χ1) is 9.54. The summed E-state index contributed by atoms with van der Waals surface area (Å²) in [7, 11) is 1.81. The fourth-order valence-electron chi connectivity index (χ4n) is 1.99. The predicted molar refractivity (Wildman–Crippen MR) is 75.2 cm³/mol. The molecule has 4 heteroatoms. The maximum Gasteiger partial charge on any atom is 0.176 e. The second-order valence-electron chi connectivity index (χ2n) is 4.77. The summed E-state index contributed by atoms with van der Waals surface area (Å²) < 4.78 is 13.1. The Morgan fingerprint density at radius 3 is 2.55 bits per heavy atom. The van der Waals surface area contributed by atoms with Gasteiger partial charge in [-0.2, -0.15) is 0 Å². The molecule has 0 fully saturated rings. The third-order valence-corrected chi connectivity index (χ3v) is 2.94. The van der Waals surface area contributed by atoms with E-state index in [4.69, 9.17) is 0 Å². The molecule has 0 radical (unpaired) electrons. The number of rotatable bonds is 5. The first-order valence-corrected chi connectivity index (χ1v) is 6.30. The molecule has 3 nitrogen and oxygen atoms in total. The number of ketones is 1. The molecule has 20 heavy (non-hydrogen) atoms. The number of aromatic hydroxyl groups is 1. The van der Waals surface area contributed by atoms with E-state index in [9.17, 15) is 14.3 Å². The number of carbonyl (C=O) groups excluding carboxylic acids is 1. The minimum Gasteiger partial charge on any atom is -0.508 e. The number of nitrogens with zero attached hydrogens (tertiary/aromatic N) is 1. The van der Waals surface area contributed by atoms with Gasteiger partial charge in [-0.3, -0.25) is 9.69 Å². The Morgan fingerprint density at radius 2 is 1.90 bits per heavy atom. The van der Waals surface area contributed by atoms with Gasteiger partial charge in [0.05, 0.1) is 6.54 Å². The minimum absolute atomic E-state index is 0.0381. The molecule has 0 aliphatic heterocycles. The van der Waals surface area contributed by atoms with Crippen LogP contribution >= 0.6 is 0 Å². The molecule has 0 unspecified atom stereocenters. The van der Waals surface area contributed by atoms with Gasteiger partial charge in [-0.1, -0.05) is 12.1 Å². The lowest BCUT2D eigenvalue weighted by atomic mass is 10.1. The van der Waals surface area contributed by atoms with Crippen molar-refractivity contribution in [2.75, 3.05) is 13.6 Å². The van der Waals surface area contributed by atoms with Gasteiger partial charge >= 0.3 is 0 Å². The van der Waals surface area contributed by atoms with E-state index in [2.05, 4.69) is 0 Å². The van der Waals surface area contributed by atoms with Crippen molar-refractivity contribution in [1.82, 2.24) is 4.90 Å². The normalized spacial score (nSPS) is 10.8. The van der Waals surface area contributed by atoms with E-state index < -0.39 is 0 Å². The van der Waals surface area contributed by atoms with Crippen LogP contribution in [0.25, 0.3) is 0 Å². The molecule has 0 spiro atoms. The Morgan fingerprint density at radius 1 is 1.20 bits per heavy atom. The number of benzene rings is 2. The number of Topliss-reactive ketones (excluding diaryl/α,β-unsaturated/α-hetero) is 1. The molecule has 0 aromatic heterocycles. The highest BCUT2D eigenvalue weighted by molar-refractivity contribution is 5.97. The van der Waals surface area contributed by atoms with Gasteiger partial charge in [0.25, 0.3) is 0 Å². The van der Waals surface area contributed by atoms with Crippen LogP contribution in [0.1, 0.15) is 15.9 Å². The lowest BCUT2D eigenvalue weighted by molar-refractivity contribution is 0.0943. The average Bonchev–Trinajstić information content (AvgIpc) is 2.39. The summed E-state index contributed by atoms with van der Waals surface area (Å²) in [6.07, 6.45) is 0. The van der Waals surface area contributed by atoms with Crippen LogP contribution in [-0.4, -0.2) is 29.4 Å². The van der Waals surface area contributed by atoms with Gasteiger partial charge in [-0.15, -0.1) is 0 Å². The Kier molecular flexibility index (Phi) is 4.48. The lowest BCUT2D eigenvalue weighted by Crippen LogP contribution is -2.25. The molecule has 0 heterocycles. The summed E-state index contributed by atoms with van der Waals surface area (Å²) in [5, 5.41) is 9.18. The molecule has 2 aromatic carbocycles. The molecule has 0 amide bonds. The monoisotopic (exact) mass is 273 g/mol. The first-order valence-electron chi connectivity index (χ1n) is 6.30. The van der Waals surface area contributed by atoms with Gasteiger partial charge in [0, 0.05) is 12.1 Å². The van der Waals surface area contributed by atoms with Crippen molar-refractivity contribution in [2.45, 2.75) is 6.54 Å². The second kappa shape index (κ2) is 6.30. The predicted octanol–water partition coefficient (Wildman–Crippen LogP) is 2.85. The van der Waals surface area contributed by atoms with Crippen LogP contribution in [0, 0.1) is 5.82 Å². The number of halogens is 1. The summed E-state index contributed by atoms with van der Waals surface area (Å²) in [6, 6.07) is 12.5. The number of phenolic OH excluding ortho intramolecular Hbond substituents is 1. The zero-order valence-electron chi connectivity index (χ0n) is 11.2. The third-order valence-electron chi connectivity index (χ3n) is 2.94. The summed E-state index contributed by atoms with van der Waals surface area (Å²) >= 11 is 0. The lowest BCUT2D eigenvalue weighted by Gasteiger charge is -2.16. The topological polar surface area (TPSA) is 40.5 Å². The third kappa shape index (κ3) is 3.90. The Bertz CT molecular complexity index is 596. The van der Waals surface area contributed by atoms with Gasteiger partial charge in [-0.05, 0) is 49.0 Å². The fourth-order valence-corrected chi connectivity index (χ4v) is 1.99. The van der Waals surface area contributed by atoms with E-state index in [1.54, 1.807) is 18.2 Å². The smallest absolute Gasteiger partial charge is 0.176 e. The van der Waals surface area contributed by atoms with E-state index in [-0.39, 0.29) is 23.9 Å². The molecule has 0 aliphatic carbocycles. The largest absolute Gasteiger partial charge is 0.508 e. The van der Waals surface area contributed by atoms with Crippen molar-refractivity contribution in [3.63, 3.8) is 0 Å². The number of hydrogen-bond donors (Lipinski definition) is 1. The molecular formula is C16H16FNO2. The zero-order chi connectivity index (χ0) is 14.5. The maximum atomic E-state index is 13.1. The molecule has 0 aliphatic rings. The number of phenols is 1. The molecule has 0 saturated heterocycles. The fraction of sp³-hybridized carbons (Fsp3) is 0.188. The minimum atomic E-state index is -0.277. The van der Waals surface area contributed by atoms with Crippen LogP contribution in [0.4, 0.5) is 4.39 Å². The summed E-state index contributed by atoms with van der Waals surface area (Å²) in [4.78, 5) is 13.8. The summed E-state index contributed by atoms with van der Waals surface area (Å²) in [6.45, 7) is 0.739. The molecule has 0 saturated carbocycles. The van der Waals surface area contributed by atoms with E-state index >= 15 is 0 Å². The molecule has 104 valence electrons. The summed E-state index contributed by atoms with van der Waals surface area (Å²) in [5.74, 6) is -0.181. The Hall–Kier alpha value is -2.20. The van der Waals surface area contributed by atoms with E-state index in [1.807, 2.05) is 18.0 Å². The highest BCUT2D eigenvalue weighted by Crippen LogP contribution is 2.11.